The summed E-state index contributed by atoms with van der Waals surface area (Å²) in [6, 6.07) is 0. The number of hydrogen-bond acceptors (Lipinski definition) is 2. The summed E-state index contributed by atoms with van der Waals surface area (Å²) in [6.45, 7) is 0. The lowest BCUT2D eigenvalue weighted by Gasteiger charge is -1.92. The third-order valence-corrected chi connectivity index (χ3v) is 1.14. The summed E-state index contributed by atoms with van der Waals surface area (Å²) >= 11 is 0. The van der Waals surface area contributed by atoms with Gasteiger partial charge >= 0.3 is 0 Å². The van der Waals surface area contributed by atoms with Crippen molar-refractivity contribution >= 4 is 11.6 Å². The molecular weight excluding hydrogens is 140 g/mol. The number of carbonyl (C=O) groups is 1. The first-order valence-electron chi connectivity index (χ1n) is 3.18. The van der Waals surface area contributed by atoms with Crippen LogP contribution in [0.3, 0.4) is 0 Å². The van der Waals surface area contributed by atoms with E-state index in [4.69, 9.17) is 5.73 Å². The zero-order chi connectivity index (χ0) is 8.10. The molecule has 0 unspecified atom stereocenters. The molecule has 0 aromatic rings. The van der Waals surface area contributed by atoms with E-state index in [1.807, 2.05) is 6.08 Å². The molecule has 0 bridgehead atoms. The van der Waals surface area contributed by atoms with Gasteiger partial charge in [-0.15, -0.1) is 0 Å². The largest absolute Gasteiger partial charge is 0.364 e. The number of hydrogen-bond donors (Lipinski definition) is 1. The van der Waals surface area contributed by atoms with Crippen LogP contribution in [0.4, 0.5) is 0 Å². The van der Waals surface area contributed by atoms with Crippen LogP contribution in [-0.2, 0) is 4.79 Å². The molecule has 0 fully saturated rings. The second kappa shape index (κ2) is 3.51. The van der Waals surface area contributed by atoms with Crippen LogP contribution in [0.1, 0.15) is 0 Å². The Morgan fingerprint density at radius 2 is 2.00 bits per heavy atom. The van der Waals surface area contributed by atoms with Crippen LogP contribution in [0.25, 0.3) is 0 Å². The quantitative estimate of drug-likeness (QED) is 0.580. The number of carbonyl (C=O) groups excluding carboxylic acids is 1. The van der Waals surface area contributed by atoms with Crippen LogP contribution >= 0.6 is 0 Å². The second-order valence-electron chi connectivity index (χ2n) is 1.96. The molecule has 1 aliphatic heterocycles. The number of aliphatic imine (C=N–C) groups is 1. The standard InChI is InChI=1S/C8H8N2O/c9-8(11)7-5-3-1-2-4-6-10-7/h1-6H,(H2,9,11)/b2-1-,3-1?,4-2?,5-3-,6-4-,7-5?,10-6?,10-7+. The van der Waals surface area contributed by atoms with Crippen molar-refractivity contribution in [2.45, 2.75) is 0 Å². The van der Waals surface area contributed by atoms with Crippen molar-refractivity contribution in [3.05, 3.63) is 36.6 Å². The van der Waals surface area contributed by atoms with E-state index in [-0.39, 0.29) is 5.71 Å². The first kappa shape index (κ1) is 7.47. The van der Waals surface area contributed by atoms with Crippen molar-refractivity contribution < 1.29 is 4.79 Å². The summed E-state index contributed by atoms with van der Waals surface area (Å²) in [5, 5.41) is 0. The zero-order valence-corrected chi connectivity index (χ0v) is 5.90. The smallest absolute Gasteiger partial charge is 0.267 e. The predicted molar refractivity (Wildman–Crippen MR) is 44.0 cm³/mol. The molecule has 0 aliphatic carbocycles. The van der Waals surface area contributed by atoms with E-state index >= 15 is 0 Å². The highest BCUT2D eigenvalue weighted by molar-refractivity contribution is 6.43. The van der Waals surface area contributed by atoms with Crippen molar-refractivity contribution in [1.82, 2.24) is 0 Å². The molecular formula is C8H8N2O. The van der Waals surface area contributed by atoms with E-state index in [1.165, 1.54) is 6.20 Å². The molecule has 11 heavy (non-hydrogen) atoms. The molecule has 0 aromatic heterocycles. The van der Waals surface area contributed by atoms with Gasteiger partial charge in [-0.2, -0.15) is 0 Å². The maximum atomic E-state index is 10.6. The van der Waals surface area contributed by atoms with Crippen molar-refractivity contribution in [3.8, 4) is 0 Å². The van der Waals surface area contributed by atoms with Gasteiger partial charge < -0.3 is 5.73 Å². The third-order valence-electron chi connectivity index (χ3n) is 1.14. The Labute approximate surface area is 64.6 Å². The molecule has 56 valence electrons. The van der Waals surface area contributed by atoms with E-state index < -0.39 is 5.91 Å². The van der Waals surface area contributed by atoms with Crippen LogP contribution < -0.4 is 5.73 Å². The van der Waals surface area contributed by atoms with Crippen LogP contribution in [0, 0.1) is 0 Å². The molecule has 3 nitrogen and oxygen atoms in total. The lowest BCUT2D eigenvalue weighted by molar-refractivity contribution is -0.111. The molecule has 2 N–H and O–H groups in total. The van der Waals surface area contributed by atoms with Crippen LogP contribution in [0.2, 0.25) is 0 Å². The van der Waals surface area contributed by atoms with E-state index in [0.29, 0.717) is 0 Å². The molecule has 0 saturated carbocycles. The summed E-state index contributed by atoms with van der Waals surface area (Å²) in [7, 11) is 0. The Hall–Kier alpha value is -1.64. The average molecular weight is 148 g/mol. The lowest BCUT2D eigenvalue weighted by Crippen LogP contribution is -2.21. The van der Waals surface area contributed by atoms with E-state index in [1.54, 1.807) is 24.3 Å². The van der Waals surface area contributed by atoms with Gasteiger partial charge in [-0.3, -0.25) is 9.79 Å². The highest BCUT2D eigenvalue weighted by atomic mass is 16.1. The van der Waals surface area contributed by atoms with Crippen LogP contribution in [0.5, 0.6) is 0 Å². The van der Waals surface area contributed by atoms with Gasteiger partial charge in [-0.1, -0.05) is 18.2 Å². The second-order valence-corrected chi connectivity index (χ2v) is 1.96. The van der Waals surface area contributed by atoms with Gasteiger partial charge in [0.25, 0.3) is 5.91 Å². The molecule has 3 heteroatoms. The predicted octanol–water partition coefficient (Wildman–Crippen LogP) is 0.552. The van der Waals surface area contributed by atoms with Crippen LogP contribution in [0.15, 0.2) is 41.6 Å². The highest BCUT2D eigenvalue weighted by Gasteiger charge is 1.99. The van der Waals surface area contributed by atoms with E-state index in [2.05, 4.69) is 4.99 Å². The minimum Gasteiger partial charge on any atom is -0.364 e. The fraction of sp³-hybridized carbons (Fsp3) is 0. The topological polar surface area (TPSA) is 55.5 Å². The van der Waals surface area contributed by atoms with Crippen LogP contribution in [-0.4, -0.2) is 11.6 Å². The molecule has 1 amide bonds. The first-order valence-corrected chi connectivity index (χ1v) is 3.18. The molecule has 0 atom stereocenters. The number of allylic oxidation sites excluding steroid dienone is 4. The van der Waals surface area contributed by atoms with Crippen molar-refractivity contribution in [2.24, 2.45) is 10.7 Å². The van der Waals surface area contributed by atoms with Gasteiger partial charge in [-0.05, 0) is 12.2 Å². The minimum absolute atomic E-state index is 0.269. The number of nitrogens with two attached hydrogens (primary N) is 1. The fourth-order valence-corrected chi connectivity index (χ4v) is 0.637. The Morgan fingerprint density at radius 1 is 1.27 bits per heavy atom. The molecule has 0 spiro atoms. The Balaban J connectivity index is 2.87. The summed E-state index contributed by atoms with van der Waals surface area (Å²) in [6.07, 6.45) is 10.2. The Morgan fingerprint density at radius 3 is 2.73 bits per heavy atom. The van der Waals surface area contributed by atoms with Crippen molar-refractivity contribution in [2.75, 3.05) is 0 Å². The van der Waals surface area contributed by atoms with E-state index in [9.17, 15) is 4.79 Å². The van der Waals surface area contributed by atoms with Crippen molar-refractivity contribution in [1.29, 1.82) is 0 Å². The summed E-state index contributed by atoms with van der Waals surface area (Å²) in [4.78, 5) is 14.4. The molecule has 0 saturated heterocycles. The van der Waals surface area contributed by atoms with Gasteiger partial charge in [0.2, 0.25) is 0 Å². The zero-order valence-electron chi connectivity index (χ0n) is 5.90. The highest BCUT2D eigenvalue weighted by Crippen LogP contribution is 1.90. The minimum atomic E-state index is -0.513. The maximum absolute atomic E-state index is 10.6. The van der Waals surface area contributed by atoms with Gasteiger partial charge in [0.05, 0.1) is 0 Å². The average Bonchev–Trinajstić information content (AvgIpc) is 1.84. The van der Waals surface area contributed by atoms with E-state index in [0.717, 1.165) is 0 Å². The number of primary amides is 1. The number of nitrogens with zero attached hydrogens (tertiary/aromatic N) is 1. The van der Waals surface area contributed by atoms with Crippen molar-refractivity contribution in [3.63, 3.8) is 0 Å². The lowest BCUT2D eigenvalue weighted by atomic mass is 10.3. The van der Waals surface area contributed by atoms with Gasteiger partial charge in [0.15, 0.2) is 0 Å². The summed E-state index contributed by atoms with van der Waals surface area (Å²) in [5.74, 6) is -0.513. The maximum Gasteiger partial charge on any atom is 0.267 e. The normalized spacial score (nSPS) is 28.9. The first-order chi connectivity index (χ1) is 5.30. The Kier molecular flexibility index (Phi) is 2.38. The van der Waals surface area contributed by atoms with Gasteiger partial charge in [0, 0.05) is 6.20 Å². The summed E-state index contributed by atoms with van der Waals surface area (Å²) in [5.41, 5.74) is 5.28. The molecule has 1 rings (SSSR count). The number of rotatable bonds is 1. The van der Waals surface area contributed by atoms with Gasteiger partial charge in [-0.25, -0.2) is 0 Å². The molecule has 1 heterocycles. The monoisotopic (exact) mass is 148 g/mol. The molecule has 0 aromatic carbocycles. The third kappa shape index (κ3) is 2.21. The Bertz CT molecular complexity index is 272. The fourth-order valence-electron chi connectivity index (χ4n) is 0.637. The SMILES string of the molecule is NC(=O)C1=N/C=C\C=C/C=C\1. The summed E-state index contributed by atoms with van der Waals surface area (Å²) < 4.78 is 0. The van der Waals surface area contributed by atoms with Gasteiger partial charge in [0.1, 0.15) is 5.71 Å². The molecule has 1 aliphatic rings. The number of amides is 1. The molecule has 0 radical (unpaired) electrons.